The molecule has 0 N–H and O–H groups in total. The van der Waals surface area contributed by atoms with E-state index < -0.39 is 0 Å². The average Bonchev–Trinajstić information content (AvgIpc) is 2.94. The molecule has 0 saturated heterocycles. The third-order valence-electron chi connectivity index (χ3n) is 2.99. The number of alkyl halides is 1. The summed E-state index contributed by atoms with van der Waals surface area (Å²) < 4.78 is 7.98. The Morgan fingerprint density at radius 3 is 2.84 bits per heavy atom. The van der Waals surface area contributed by atoms with Crippen molar-refractivity contribution in [3.8, 4) is 0 Å². The Morgan fingerprint density at radius 2 is 2.16 bits per heavy atom. The van der Waals surface area contributed by atoms with Gasteiger partial charge in [-0.1, -0.05) is 22.0 Å². The number of thiophene rings is 1. The molecular formula is C13H9BrINO2S. The summed E-state index contributed by atoms with van der Waals surface area (Å²) in [6.07, 6.45) is 0. The van der Waals surface area contributed by atoms with Gasteiger partial charge < -0.3 is 4.42 Å². The Bertz CT molecular complexity index is 804. The zero-order chi connectivity index (χ0) is 13.6. The first-order chi connectivity index (χ1) is 9.06. The van der Waals surface area contributed by atoms with Crippen LogP contribution in [0.5, 0.6) is 0 Å². The summed E-state index contributed by atoms with van der Waals surface area (Å²) in [4.78, 5) is 11.6. The molecular weight excluding hydrogens is 441 g/mol. The number of aromatic nitrogens is 1. The molecule has 2 heterocycles. The molecule has 1 unspecified atom stereocenters. The second kappa shape index (κ2) is 5.06. The molecule has 1 aromatic carbocycles. The molecule has 0 spiro atoms. The summed E-state index contributed by atoms with van der Waals surface area (Å²) in [7, 11) is 1.71. The van der Waals surface area contributed by atoms with Gasteiger partial charge in [-0.2, -0.15) is 0 Å². The van der Waals surface area contributed by atoms with Gasteiger partial charge in [0.1, 0.15) is 0 Å². The highest BCUT2D eigenvalue weighted by molar-refractivity contribution is 14.1. The van der Waals surface area contributed by atoms with E-state index in [4.69, 9.17) is 4.42 Å². The van der Waals surface area contributed by atoms with Crippen LogP contribution in [0.4, 0.5) is 0 Å². The van der Waals surface area contributed by atoms with Crippen LogP contribution in [0.25, 0.3) is 11.1 Å². The van der Waals surface area contributed by atoms with Crippen LogP contribution in [0.3, 0.4) is 0 Å². The zero-order valence-electron chi connectivity index (χ0n) is 9.89. The smallest absolute Gasteiger partial charge is 0.408 e. The van der Waals surface area contributed by atoms with Gasteiger partial charge in [0.15, 0.2) is 5.58 Å². The highest BCUT2D eigenvalue weighted by Gasteiger charge is 2.14. The van der Waals surface area contributed by atoms with Crippen molar-refractivity contribution in [1.29, 1.82) is 0 Å². The number of benzene rings is 1. The Kier molecular flexibility index (Phi) is 3.57. The maximum atomic E-state index is 11.5. The second-order valence-corrected chi connectivity index (χ2v) is 7.92. The standard InChI is InChI=1S/C13H9BrINO2S/c1-16-9-3-2-7(4-10(9)18-13(16)17)12(14)8-5-11(15)19-6-8/h2-6,12H,1H3. The molecule has 0 radical (unpaired) electrons. The van der Waals surface area contributed by atoms with E-state index in [1.54, 1.807) is 18.4 Å². The summed E-state index contributed by atoms with van der Waals surface area (Å²) >= 11 is 7.72. The van der Waals surface area contributed by atoms with Gasteiger partial charge in [-0.15, -0.1) is 11.3 Å². The molecule has 6 heteroatoms. The summed E-state index contributed by atoms with van der Waals surface area (Å²) in [5.41, 5.74) is 3.73. The van der Waals surface area contributed by atoms with Crippen molar-refractivity contribution in [1.82, 2.24) is 4.57 Å². The second-order valence-electron chi connectivity index (χ2n) is 4.20. The Morgan fingerprint density at radius 1 is 1.37 bits per heavy atom. The molecule has 0 aliphatic carbocycles. The van der Waals surface area contributed by atoms with Crippen LogP contribution in [-0.4, -0.2) is 4.57 Å². The first-order valence-corrected chi connectivity index (χ1v) is 8.41. The first kappa shape index (κ1) is 13.4. The molecule has 0 bridgehead atoms. The number of aryl methyl sites for hydroxylation is 1. The fraction of sp³-hybridized carbons (Fsp3) is 0.154. The molecule has 3 nitrogen and oxygen atoms in total. The first-order valence-electron chi connectivity index (χ1n) is 5.54. The van der Waals surface area contributed by atoms with Crippen LogP contribution in [0.1, 0.15) is 16.0 Å². The number of hydrogen-bond acceptors (Lipinski definition) is 3. The molecule has 0 saturated carbocycles. The van der Waals surface area contributed by atoms with E-state index in [0.717, 1.165) is 11.1 Å². The SMILES string of the molecule is Cn1c(=O)oc2cc(C(Br)c3csc(I)c3)ccc21. The van der Waals surface area contributed by atoms with Crippen molar-refractivity contribution in [3.63, 3.8) is 0 Å². The van der Waals surface area contributed by atoms with Gasteiger partial charge >= 0.3 is 5.76 Å². The largest absolute Gasteiger partial charge is 0.419 e. The van der Waals surface area contributed by atoms with Crippen molar-refractivity contribution < 1.29 is 4.42 Å². The van der Waals surface area contributed by atoms with Crippen molar-refractivity contribution >= 4 is 61.0 Å². The minimum Gasteiger partial charge on any atom is -0.408 e. The average molecular weight is 450 g/mol. The Hall–Kier alpha value is -0.600. The molecule has 0 aliphatic rings. The van der Waals surface area contributed by atoms with Crippen molar-refractivity contribution in [2.24, 2.45) is 7.05 Å². The lowest BCUT2D eigenvalue weighted by molar-refractivity contribution is 0.528. The topological polar surface area (TPSA) is 35.1 Å². The van der Waals surface area contributed by atoms with Crippen LogP contribution in [0, 0.1) is 2.88 Å². The number of fused-ring (bicyclic) bond motifs is 1. The molecule has 98 valence electrons. The van der Waals surface area contributed by atoms with E-state index in [1.165, 1.54) is 13.0 Å². The number of nitrogens with zero attached hydrogens (tertiary/aromatic N) is 1. The van der Waals surface area contributed by atoms with Gasteiger partial charge in [0.05, 0.1) is 13.2 Å². The van der Waals surface area contributed by atoms with Crippen LogP contribution in [0.15, 0.2) is 38.9 Å². The number of halogens is 2. The van der Waals surface area contributed by atoms with Gasteiger partial charge in [-0.05, 0) is 57.3 Å². The van der Waals surface area contributed by atoms with E-state index in [2.05, 4.69) is 50.0 Å². The maximum Gasteiger partial charge on any atom is 0.419 e. The molecule has 0 amide bonds. The summed E-state index contributed by atoms with van der Waals surface area (Å²) in [5.74, 6) is -0.330. The zero-order valence-corrected chi connectivity index (χ0v) is 14.5. The van der Waals surface area contributed by atoms with Gasteiger partial charge in [0.25, 0.3) is 0 Å². The number of oxazole rings is 1. The Balaban J connectivity index is 2.08. The predicted octanol–water partition coefficient (Wildman–Crippen LogP) is 4.28. The lowest BCUT2D eigenvalue weighted by atomic mass is 10.1. The van der Waals surface area contributed by atoms with Crippen molar-refractivity contribution in [2.75, 3.05) is 0 Å². The van der Waals surface area contributed by atoms with E-state index in [-0.39, 0.29) is 10.6 Å². The van der Waals surface area contributed by atoms with E-state index in [0.29, 0.717) is 5.58 Å². The van der Waals surface area contributed by atoms with E-state index >= 15 is 0 Å². The van der Waals surface area contributed by atoms with Gasteiger partial charge in [0, 0.05) is 7.05 Å². The van der Waals surface area contributed by atoms with Gasteiger partial charge in [-0.25, -0.2) is 4.79 Å². The molecule has 0 fully saturated rings. The highest BCUT2D eigenvalue weighted by Crippen LogP contribution is 2.35. The molecule has 3 rings (SSSR count). The summed E-state index contributed by atoms with van der Waals surface area (Å²) in [6.45, 7) is 0. The lowest BCUT2D eigenvalue weighted by Crippen LogP contribution is -2.08. The third-order valence-corrected chi connectivity index (χ3v) is 5.85. The van der Waals surface area contributed by atoms with Gasteiger partial charge in [-0.3, -0.25) is 4.57 Å². The van der Waals surface area contributed by atoms with Crippen LogP contribution in [0.2, 0.25) is 0 Å². The van der Waals surface area contributed by atoms with E-state index in [9.17, 15) is 4.79 Å². The molecule has 1 atom stereocenters. The van der Waals surface area contributed by atoms with Crippen molar-refractivity contribution in [3.05, 3.63) is 54.2 Å². The molecule has 3 aromatic rings. The van der Waals surface area contributed by atoms with Crippen LogP contribution in [-0.2, 0) is 7.05 Å². The minimum atomic E-state index is -0.330. The highest BCUT2D eigenvalue weighted by atomic mass is 127. The van der Waals surface area contributed by atoms with Gasteiger partial charge in [0.2, 0.25) is 0 Å². The number of rotatable bonds is 2. The molecule has 19 heavy (non-hydrogen) atoms. The molecule has 2 aromatic heterocycles. The minimum absolute atomic E-state index is 0.113. The monoisotopic (exact) mass is 449 g/mol. The number of hydrogen-bond donors (Lipinski definition) is 0. The van der Waals surface area contributed by atoms with Crippen molar-refractivity contribution in [2.45, 2.75) is 4.83 Å². The fourth-order valence-electron chi connectivity index (χ4n) is 1.96. The Labute approximate surface area is 135 Å². The summed E-state index contributed by atoms with van der Waals surface area (Å²) in [6, 6.07) is 8.00. The third kappa shape index (κ3) is 2.41. The fourth-order valence-corrected chi connectivity index (χ4v) is 4.08. The van der Waals surface area contributed by atoms with Crippen LogP contribution < -0.4 is 5.76 Å². The normalized spacial score (nSPS) is 13.0. The maximum absolute atomic E-state index is 11.5. The quantitative estimate of drug-likeness (QED) is 0.432. The molecule has 0 aliphatic heterocycles. The summed E-state index contributed by atoms with van der Waals surface area (Å²) in [5, 5.41) is 2.13. The lowest BCUT2D eigenvalue weighted by Gasteiger charge is -2.08. The van der Waals surface area contributed by atoms with Crippen LogP contribution >= 0.6 is 49.9 Å². The van der Waals surface area contributed by atoms with E-state index in [1.807, 2.05) is 18.2 Å². The predicted molar refractivity (Wildman–Crippen MR) is 89.3 cm³/mol.